The van der Waals surface area contributed by atoms with Crippen LogP contribution in [0.15, 0.2) is 74.7 Å². The first-order valence-electron chi connectivity index (χ1n) is 9.77. The van der Waals surface area contributed by atoms with E-state index in [0.29, 0.717) is 17.0 Å². The van der Waals surface area contributed by atoms with E-state index >= 15 is 0 Å². The van der Waals surface area contributed by atoms with Crippen molar-refractivity contribution in [1.29, 1.82) is 0 Å². The van der Waals surface area contributed by atoms with Crippen LogP contribution in [0.1, 0.15) is 17.4 Å². The van der Waals surface area contributed by atoms with Crippen molar-refractivity contribution in [2.24, 2.45) is 0 Å². The molecule has 170 valence electrons. The Balaban J connectivity index is 1.62. The van der Waals surface area contributed by atoms with E-state index in [2.05, 4.69) is 15.0 Å². The van der Waals surface area contributed by atoms with E-state index in [0.717, 1.165) is 5.56 Å². The Labute approximate surface area is 189 Å². The quantitative estimate of drug-likeness (QED) is 0.380. The summed E-state index contributed by atoms with van der Waals surface area (Å²) < 4.78 is 49.2. The maximum absolute atomic E-state index is 13.1. The zero-order chi connectivity index (χ0) is 23.4. The number of sulfonamides is 1. The number of ether oxygens (including phenoxy) is 2. The average Bonchev–Trinajstić information content (AvgIpc) is 3.52. The van der Waals surface area contributed by atoms with E-state index in [4.69, 9.17) is 18.5 Å². The van der Waals surface area contributed by atoms with Gasteiger partial charge in [0.2, 0.25) is 0 Å². The number of esters is 1. The number of aromatic nitrogens is 2. The van der Waals surface area contributed by atoms with Crippen LogP contribution in [0.2, 0.25) is 0 Å². The highest BCUT2D eigenvalue weighted by atomic mass is 32.2. The third kappa shape index (κ3) is 4.72. The third-order valence-electron chi connectivity index (χ3n) is 4.59. The second-order valence-corrected chi connectivity index (χ2v) is 8.37. The van der Waals surface area contributed by atoms with Gasteiger partial charge in [-0.2, -0.15) is 0 Å². The Hall–Kier alpha value is -4.12. The summed E-state index contributed by atoms with van der Waals surface area (Å²) in [6.07, 6.45) is 1.52. The van der Waals surface area contributed by atoms with Crippen molar-refractivity contribution in [2.45, 2.75) is 11.8 Å². The molecule has 2 aromatic carbocycles. The number of anilines is 1. The fraction of sp³-hybridized carbons (Fsp3) is 0.136. The van der Waals surface area contributed by atoms with Crippen molar-refractivity contribution in [3.05, 3.63) is 66.5 Å². The van der Waals surface area contributed by atoms with Crippen molar-refractivity contribution >= 4 is 21.7 Å². The number of hydrogen-bond acceptors (Lipinski definition) is 9. The van der Waals surface area contributed by atoms with Gasteiger partial charge in [-0.05, 0) is 49.4 Å². The molecule has 0 unspecified atom stereocenters. The molecule has 0 fully saturated rings. The lowest BCUT2D eigenvalue weighted by atomic mass is 10.1. The lowest BCUT2D eigenvalue weighted by Crippen LogP contribution is -2.14. The Morgan fingerprint density at radius 1 is 1.00 bits per heavy atom. The van der Waals surface area contributed by atoms with E-state index < -0.39 is 16.0 Å². The number of hydrogen-bond donors (Lipinski definition) is 1. The fourth-order valence-corrected chi connectivity index (χ4v) is 4.28. The van der Waals surface area contributed by atoms with Gasteiger partial charge in [0.15, 0.2) is 17.2 Å². The molecule has 33 heavy (non-hydrogen) atoms. The molecular formula is C22H19N3O7S. The summed E-state index contributed by atoms with van der Waals surface area (Å²) in [5, 5.41) is 7.34. The van der Waals surface area contributed by atoms with Gasteiger partial charge in [0.05, 0.1) is 19.9 Å². The first-order valence-corrected chi connectivity index (χ1v) is 11.3. The first kappa shape index (κ1) is 22.1. The van der Waals surface area contributed by atoms with Crippen LogP contribution in [0.5, 0.6) is 5.75 Å². The predicted octanol–water partition coefficient (Wildman–Crippen LogP) is 3.98. The van der Waals surface area contributed by atoms with Crippen molar-refractivity contribution in [3.8, 4) is 28.4 Å². The largest absolute Gasteiger partial charge is 0.495 e. The van der Waals surface area contributed by atoms with E-state index in [1.54, 1.807) is 43.3 Å². The van der Waals surface area contributed by atoms with Crippen LogP contribution in [-0.4, -0.2) is 38.4 Å². The van der Waals surface area contributed by atoms with Gasteiger partial charge in [-0.1, -0.05) is 10.3 Å². The molecule has 0 aliphatic carbocycles. The summed E-state index contributed by atoms with van der Waals surface area (Å²) in [6.45, 7) is 1.87. The number of methoxy groups -OCH3 is 1. The minimum Gasteiger partial charge on any atom is -0.495 e. The van der Waals surface area contributed by atoms with Crippen molar-refractivity contribution in [3.63, 3.8) is 0 Å². The zero-order valence-corrected chi connectivity index (χ0v) is 18.5. The molecule has 0 radical (unpaired) electrons. The summed E-state index contributed by atoms with van der Waals surface area (Å²) in [5.74, 6) is 0.264. The van der Waals surface area contributed by atoms with E-state index in [-0.39, 0.29) is 28.7 Å². The molecular weight excluding hydrogens is 450 g/mol. The lowest BCUT2D eigenvalue weighted by molar-refractivity contribution is 0.0514. The number of carbonyl (C=O) groups is 1. The molecule has 0 saturated carbocycles. The van der Waals surface area contributed by atoms with Crippen LogP contribution in [0.25, 0.3) is 22.6 Å². The minimum atomic E-state index is -4.04. The van der Waals surface area contributed by atoms with Crippen LogP contribution in [0.4, 0.5) is 5.69 Å². The van der Waals surface area contributed by atoms with Gasteiger partial charge in [-0.3, -0.25) is 4.72 Å². The number of benzene rings is 2. The molecule has 4 aromatic rings. The molecule has 0 spiro atoms. The topological polar surface area (TPSA) is 134 Å². The van der Waals surface area contributed by atoms with Crippen molar-refractivity contribution < 1.29 is 31.7 Å². The SMILES string of the molecule is CCOC(=O)c1cc(-c2ccc(OC)c(S(=O)(=O)Nc3ccc(-c4ccno4)cc3)c2)on1. The van der Waals surface area contributed by atoms with Gasteiger partial charge in [0.25, 0.3) is 10.0 Å². The lowest BCUT2D eigenvalue weighted by Gasteiger charge is -2.13. The molecule has 1 N–H and O–H groups in total. The Morgan fingerprint density at radius 2 is 1.76 bits per heavy atom. The maximum atomic E-state index is 13.1. The van der Waals surface area contributed by atoms with Gasteiger partial charge in [-0.25, -0.2) is 13.2 Å². The number of carbonyl (C=O) groups excluding carboxylic acids is 1. The Bertz CT molecular complexity index is 1360. The molecule has 11 heteroatoms. The Morgan fingerprint density at radius 3 is 2.42 bits per heavy atom. The van der Waals surface area contributed by atoms with Gasteiger partial charge < -0.3 is 18.5 Å². The van der Waals surface area contributed by atoms with Gasteiger partial charge in [-0.15, -0.1) is 0 Å². The van der Waals surface area contributed by atoms with Crippen LogP contribution in [0.3, 0.4) is 0 Å². The highest BCUT2D eigenvalue weighted by Crippen LogP contribution is 2.32. The van der Waals surface area contributed by atoms with Crippen LogP contribution in [0, 0.1) is 0 Å². The summed E-state index contributed by atoms with van der Waals surface area (Å²) in [5.41, 5.74) is 1.46. The first-order chi connectivity index (χ1) is 15.9. The summed E-state index contributed by atoms with van der Waals surface area (Å²) in [6, 6.07) is 14.2. The summed E-state index contributed by atoms with van der Waals surface area (Å²) in [7, 11) is -2.67. The second kappa shape index (κ2) is 9.17. The zero-order valence-electron chi connectivity index (χ0n) is 17.6. The van der Waals surface area contributed by atoms with Crippen molar-refractivity contribution in [2.75, 3.05) is 18.4 Å². The monoisotopic (exact) mass is 469 g/mol. The number of nitrogens with one attached hydrogen (secondary N) is 1. The van der Waals surface area contributed by atoms with Crippen molar-refractivity contribution in [1.82, 2.24) is 10.3 Å². The normalized spacial score (nSPS) is 11.2. The van der Waals surface area contributed by atoms with Crippen LogP contribution < -0.4 is 9.46 Å². The molecule has 0 amide bonds. The summed E-state index contributed by atoms with van der Waals surface area (Å²) >= 11 is 0. The van der Waals surface area contributed by atoms with Gasteiger partial charge >= 0.3 is 5.97 Å². The average molecular weight is 469 g/mol. The standard InChI is InChI=1S/C22H19N3O7S/c1-3-30-22(26)17-13-20(32-24-17)15-6-9-19(29-2)21(12-15)33(27,28)25-16-7-4-14(5-8-16)18-10-11-23-31-18/h4-13,25H,3H2,1-2H3. The number of nitrogens with zero attached hydrogens (tertiary/aromatic N) is 2. The third-order valence-corrected chi connectivity index (χ3v) is 5.99. The van der Waals surface area contributed by atoms with Gasteiger partial charge in [0.1, 0.15) is 10.6 Å². The molecule has 4 rings (SSSR count). The molecule has 0 aliphatic heterocycles. The van der Waals surface area contributed by atoms with E-state index in [9.17, 15) is 13.2 Å². The molecule has 2 aromatic heterocycles. The molecule has 2 heterocycles. The van der Waals surface area contributed by atoms with E-state index in [1.165, 1.54) is 31.5 Å². The summed E-state index contributed by atoms with van der Waals surface area (Å²) in [4.78, 5) is 11.7. The number of rotatable bonds is 8. The highest BCUT2D eigenvalue weighted by molar-refractivity contribution is 7.92. The fourth-order valence-electron chi connectivity index (χ4n) is 3.03. The van der Waals surface area contributed by atoms with E-state index in [1.807, 2.05) is 0 Å². The Kier molecular flexibility index (Phi) is 6.13. The van der Waals surface area contributed by atoms with Gasteiger partial charge in [0, 0.05) is 28.9 Å². The predicted molar refractivity (Wildman–Crippen MR) is 117 cm³/mol. The molecule has 0 atom stereocenters. The molecule has 0 aliphatic rings. The van der Waals surface area contributed by atoms with Crippen LogP contribution >= 0.6 is 0 Å². The second-order valence-electron chi connectivity index (χ2n) is 6.72. The maximum Gasteiger partial charge on any atom is 0.360 e. The molecule has 0 saturated heterocycles. The highest BCUT2D eigenvalue weighted by Gasteiger charge is 2.23. The molecule has 0 bridgehead atoms. The van der Waals surface area contributed by atoms with Crippen LogP contribution in [-0.2, 0) is 14.8 Å². The smallest absolute Gasteiger partial charge is 0.360 e. The minimum absolute atomic E-state index is 0.0166. The molecule has 10 nitrogen and oxygen atoms in total.